The standard InChI is InChI=1S/C18H24N4O2S/c1-4-22-16(13-9-10-13)20-21-18(22)25-12(2)17(23)19-11-14-7-5-6-8-15(14)24-3/h5-8,12-13H,4,9-11H2,1-3H3,(H,19,23). The van der Waals surface area contributed by atoms with E-state index in [2.05, 4.69) is 27.0 Å². The SMILES string of the molecule is CCn1c(SC(C)C(=O)NCc2ccccc2OC)nnc1C1CC1. The second kappa shape index (κ2) is 7.91. The molecule has 1 atom stereocenters. The van der Waals surface area contributed by atoms with Gasteiger partial charge in [0.15, 0.2) is 5.16 Å². The van der Waals surface area contributed by atoms with Crippen molar-refractivity contribution in [3.8, 4) is 5.75 Å². The Morgan fingerprint density at radius 3 is 2.84 bits per heavy atom. The van der Waals surface area contributed by atoms with Crippen molar-refractivity contribution in [3.63, 3.8) is 0 Å². The number of nitrogens with zero attached hydrogens (tertiary/aromatic N) is 3. The number of hydrogen-bond donors (Lipinski definition) is 1. The van der Waals surface area contributed by atoms with Gasteiger partial charge in [-0.2, -0.15) is 0 Å². The van der Waals surface area contributed by atoms with Crippen molar-refractivity contribution < 1.29 is 9.53 Å². The smallest absolute Gasteiger partial charge is 0.233 e. The van der Waals surface area contributed by atoms with Crippen LogP contribution in [-0.4, -0.2) is 33.0 Å². The number of carbonyl (C=O) groups is 1. The number of benzene rings is 1. The summed E-state index contributed by atoms with van der Waals surface area (Å²) in [7, 11) is 1.63. The fourth-order valence-electron chi connectivity index (χ4n) is 2.71. The maximum atomic E-state index is 12.4. The van der Waals surface area contributed by atoms with Crippen molar-refractivity contribution in [2.75, 3.05) is 7.11 Å². The molecule has 1 aliphatic rings. The van der Waals surface area contributed by atoms with E-state index in [-0.39, 0.29) is 11.2 Å². The first-order valence-electron chi connectivity index (χ1n) is 8.63. The average molecular weight is 360 g/mol. The molecule has 1 heterocycles. The predicted molar refractivity (Wildman–Crippen MR) is 97.8 cm³/mol. The summed E-state index contributed by atoms with van der Waals surface area (Å²) in [5, 5.41) is 12.2. The van der Waals surface area contributed by atoms with Gasteiger partial charge in [-0.3, -0.25) is 4.79 Å². The summed E-state index contributed by atoms with van der Waals surface area (Å²) in [4.78, 5) is 12.4. The summed E-state index contributed by atoms with van der Waals surface area (Å²) < 4.78 is 7.45. The molecule has 1 fully saturated rings. The highest BCUT2D eigenvalue weighted by Gasteiger charge is 2.30. The Kier molecular flexibility index (Phi) is 5.63. The van der Waals surface area contributed by atoms with Crippen LogP contribution in [-0.2, 0) is 17.9 Å². The largest absolute Gasteiger partial charge is 0.496 e. The number of nitrogens with one attached hydrogen (secondary N) is 1. The van der Waals surface area contributed by atoms with Crippen LogP contribution >= 0.6 is 11.8 Å². The lowest BCUT2D eigenvalue weighted by atomic mass is 10.2. The van der Waals surface area contributed by atoms with Crippen LogP contribution in [0.2, 0.25) is 0 Å². The number of ether oxygens (including phenoxy) is 1. The highest BCUT2D eigenvalue weighted by Crippen LogP contribution is 2.40. The van der Waals surface area contributed by atoms with E-state index >= 15 is 0 Å². The molecule has 0 bridgehead atoms. The van der Waals surface area contributed by atoms with Gasteiger partial charge in [0, 0.05) is 24.6 Å². The molecule has 1 N–H and O–H groups in total. The molecule has 3 rings (SSSR count). The molecule has 1 aliphatic carbocycles. The third-order valence-corrected chi connectivity index (χ3v) is 5.38. The van der Waals surface area contributed by atoms with E-state index in [0.717, 1.165) is 28.8 Å². The van der Waals surface area contributed by atoms with Gasteiger partial charge in [0.25, 0.3) is 0 Å². The Bertz CT molecular complexity index is 742. The van der Waals surface area contributed by atoms with Gasteiger partial charge >= 0.3 is 0 Å². The molecule has 1 aromatic heterocycles. The van der Waals surface area contributed by atoms with Crippen LogP contribution in [0.5, 0.6) is 5.75 Å². The van der Waals surface area contributed by atoms with E-state index in [4.69, 9.17) is 4.74 Å². The van der Waals surface area contributed by atoms with Crippen LogP contribution < -0.4 is 10.1 Å². The van der Waals surface area contributed by atoms with Gasteiger partial charge in [0.2, 0.25) is 5.91 Å². The van der Waals surface area contributed by atoms with E-state index in [1.54, 1.807) is 7.11 Å². The number of para-hydroxylation sites is 1. The quantitative estimate of drug-likeness (QED) is 0.733. The molecule has 1 amide bonds. The average Bonchev–Trinajstić information content (AvgIpc) is 3.40. The Balaban J connectivity index is 1.59. The van der Waals surface area contributed by atoms with Crippen molar-refractivity contribution in [1.82, 2.24) is 20.1 Å². The third kappa shape index (κ3) is 4.15. The molecular weight excluding hydrogens is 336 g/mol. The Labute approximate surface area is 152 Å². The van der Waals surface area contributed by atoms with Crippen molar-refractivity contribution in [1.29, 1.82) is 0 Å². The number of rotatable bonds is 8. The van der Waals surface area contributed by atoms with Gasteiger partial charge in [-0.05, 0) is 32.8 Å². The molecule has 134 valence electrons. The molecule has 25 heavy (non-hydrogen) atoms. The normalized spacial score (nSPS) is 15.0. The molecule has 0 aliphatic heterocycles. The van der Waals surface area contributed by atoms with E-state index < -0.39 is 0 Å². The predicted octanol–water partition coefficient (Wildman–Crippen LogP) is 2.98. The lowest BCUT2D eigenvalue weighted by Crippen LogP contribution is -2.30. The monoisotopic (exact) mass is 360 g/mol. The molecule has 2 aromatic rings. The minimum Gasteiger partial charge on any atom is -0.496 e. The van der Waals surface area contributed by atoms with Gasteiger partial charge in [0.05, 0.1) is 12.4 Å². The summed E-state index contributed by atoms with van der Waals surface area (Å²) in [6.07, 6.45) is 2.38. The molecule has 1 aromatic carbocycles. The molecule has 1 saturated carbocycles. The van der Waals surface area contributed by atoms with E-state index in [9.17, 15) is 4.79 Å². The summed E-state index contributed by atoms with van der Waals surface area (Å²) in [6.45, 7) is 5.26. The minimum atomic E-state index is -0.240. The lowest BCUT2D eigenvalue weighted by molar-refractivity contribution is -0.120. The summed E-state index contributed by atoms with van der Waals surface area (Å²) >= 11 is 1.46. The van der Waals surface area contributed by atoms with Gasteiger partial charge in [-0.1, -0.05) is 30.0 Å². The van der Waals surface area contributed by atoms with Crippen LogP contribution in [0.25, 0.3) is 0 Å². The van der Waals surface area contributed by atoms with Crippen molar-refractivity contribution >= 4 is 17.7 Å². The van der Waals surface area contributed by atoms with Crippen molar-refractivity contribution in [2.45, 2.75) is 56.1 Å². The molecule has 0 radical (unpaired) electrons. The summed E-state index contributed by atoms with van der Waals surface area (Å²) in [5.74, 6) is 2.38. The van der Waals surface area contributed by atoms with Crippen LogP contribution in [0.15, 0.2) is 29.4 Å². The Morgan fingerprint density at radius 1 is 1.40 bits per heavy atom. The fraction of sp³-hybridized carbons (Fsp3) is 0.500. The van der Waals surface area contributed by atoms with Gasteiger partial charge in [0.1, 0.15) is 11.6 Å². The minimum absolute atomic E-state index is 0.0190. The maximum Gasteiger partial charge on any atom is 0.233 e. The molecule has 0 spiro atoms. The van der Waals surface area contributed by atoms with E-state index in [0.29, 0.717) is 12.5 Å². The first-order valence-corrected chi connectivity index (χ1v) is 9.51. The van der Waals surface area contributed by atoms with Crippen LogP contribution in [0, 0.1) is 0 Å². The lowest BCUT2D eigenvalue weighted by Gasteiger charge is -2.14. The topological polar surface area (TPSA) is 69.0 Å². The van der Waals surface area contributed by atoms with E-state index in [1.807, 2.05) is 31.2 Å². The first kappa shape index (κ1) is 17.8. The molecule has 1 unspecified atom stereocenters. The van der Waals surface area contributed by atoms with Crippen LogP contribution in [0.3, 0.4) is 0 Å². The highest BCUT2D eigenvalue weighted by molar-refractivity contribution is 8.00. The second-order valence-electron chi connectivity index (χ2n) is 6.15. The zero-order chi connectivity index (χ0) is 17.8. The van der Waals surface area contributed by atoms with Gasteiger partial charge in [-0.25, -0.2) is 0 Å². The zero-order valence-corrected chi connectivity index (χ0v) is 15.7. The first-order chi connectivity index (χ1) is 12.1. The Morgan fingerprint density at radius 2 is 2.16 bits per heavy atom. The number of methoxy groups -OCH3 is 1. The Hall–Kier alpha value is -2.02. The van der Waals surface area contributed by atoms with Crippen molar-refractivity contribution in [3.05, 3.63) is 35.7 Å². The number of carbonyl (C=O) groups excluding carboxylic acids is 1. The van der Waals surface area contributed by atoms with Crippen LogP contribution in [0.1, 0.15) is 44.0 Å². The molecular formula is C18H24N4O2S. The number of hydrogen-bond acceptors (Lipinski definition) is 5. The maximum absolute atomic E-state index is 12.4. The van der Waals surface area contributed by atoms with Crippen LogP contribution in [0.4, 0.5) is 0 Å². The van der Waals surface area contributed by atoms with Gasteiger partial charge in [-0.15, -0.1) is 10.2 Å². The number of amides is 1. The van der Waals surface area contributed by atoms with E-state index in [1.165, 1.54) is 24.6 Å². The van der Waals surface area contributed by atoms with Crippen molar-refractivity contribution in [2.24, 2.45) is 0 Å². The summed E-state index contributed by atoms with van der Waals surface area (Å²) in [6, 6.07) is 7.69. The third-order valence-electron chi connectivity index (χ3n) is 4.30. The second-order valence-corrected chi connectivity index (χ2v) is 7.46. The zero-order valence-electron chi connectivity index (χ0n) is 14.9. The molecule has 6 nitrogen and oxygen atoms in total. The number of aromatic nitrogens is 3. The van der Waals surface area contributed by atoms with Gasteiger partial charge < -0.3 is 14.6 Å². The molecule has 7 heteroatoms. The molecule has 0 saturated heterocycles. The number of thioether (sulfide) groups is 1. The highest BCUT2D eigenvalue weighted by atomic mass is 32.2. The summed E-state index contributed by atoms with van der Waals surface area (Å²) in [5.41, 5.74) is 0.961. The fourth-order valence-corrected chi connectivity index (χ4v) is 3.66.